The molecule has 1 aromatic carbocycles. The summed E-state index contributed by atoms with van der Waals surface area (Å²) in [4.78, 5) is 33.7. The van der Waals surface area contributed by atoms with Crippen molar-refractivity contribution >= 4 is 23.3 Å². The molecule has 0 aromatic heterocycles. The number of fused-ring (bicyclic) bond motifs is 2. The number of non-ortho nitro benzene ring substituents is 1. The molecule has 0 spiro atoms. The third kappa shape index (κ3) is 2.52. The summed E-state index contributed by atoms with van der Waals surface area (Å²) >= 11 is 0. The Morgan fingerprint density at radius 2 is 1.87 bits per heavy atom. The van der Waals surface area contributed by atoms with Crippen molar-refractivity contribution in [3.05, 3.63) is 40.5 Å². The number of nitro benzene ring substituents is 1. The highest BCUT2D eigenvalue weighted by Crippen LogP contribution is 2.48. The van der Waals surface area contributed by atoms with Crippen LogP contribution in [0.15, 0.2) is 30.4 Å². The molecule has 0 aliphatic heterocycles. The zero-order chi connectivity index (χ0) is 16.7. The van der Waals surface area contributed by atoms with Gasteiger partial charge in [-0.3, -0.25) is 14.9 Å². The Morgan fingerprint density at radius 1 is 1.22 bits per heavy atom. The van der Waals surface area contributed by atoms with Crippen LogP contribution < -0.4 is 10.4 Å². The number of rotatable bonds is 4. The summed E-state index contributed by atoms with van der Waals surface area (Å²) in [6.07, 6.45) is 4.20. The summed E-state index contributed by atoms with van der Waals surface area (Å²) < 4.78 is 0. The molecule has 1 aromatic rings. The third-order valence-electron chi connectivity index (χ3n) is 4.48. The van der Waals surface area contributed by atoms with E-state index >= 15 is 0 Å². The van der Waals surface area contributed by atoms with Crippen LogP contribution in [0.25, 0.3) is 0 Å². The van der Waals surface area contributed by atoms with E-state index in [2.05, 4.69) is 5.32 Å². The van der Waals surface area contributed by atoms with E-state index < -0.39 is 34.4 Å². The van der Waals surface area contributed by atoms with Crippen LogP contribution in [0.2, 0.25) is 0 Å². The van der Waals surface area contributed by atoms with E-state index in [1.807, 2.05) is 6.08 Å². The van der Waals surface area contributed by atoms with Gasteiger partial charge in [-0.25, -0.2) is 0 Å². The lowest BCUT2D eigenvalue weighted by molar-refractivity contribution is -0.384. The number of phenols is 1. The van der Waals surface area contributed by atoms with Crippen molar-refractivity contribution in [3.8, 4) is 5.75 Å². The van der Waals surface area contributed by atoms with Gasteiger partial charge in [0.2, 0.25) is 5.91 Å². The van der Waals surface area contributed by atoms with Crippen LogP contribution in [0.1, 0.15) is 6.42 Å². The van der Waals surface area contributed by atoms with E-state index in [1.165, 1.54) is 6.07 Å². The van der Waals surface area contributed by atoms with E-state index in [0.717, 1.165) is 12.1 Å². The van der Waals surface area contributed by atoms with Gasteiger partial charge in [-0.05, 0) is 24.3 Å². The van der Waals surface area contributed by atoms with Gasteiger partial charge < -0.3 is 20.3 Å². The number of carbonyl (C=O) groups is 2. The maximum atomic E-state index is 12.4. The average molecular weight is 317 g/mol. The normalized spacial score (nSPS) is 27.8. The fourth-order valence-corrected chi connectivity index (χ4v) is 3.46. The van der Waals surface area contributed by atoms with Crippen LogP contribution in [0, 0.1) is 33.8 Å². The lowest BCUT2D eigenvalue weighted by atomic mass is 9.82. The maximum absolute atomic E-state index is 12.4. The molecule has 0 saturated heterocycles. The molecule has 0 heterocycles. The number of allylic oxidation sites excluding steroid dienone is 2. The quantitative estimate of drug-likeness (QED) is 0.358. The van der Waals surface area contributed by atoms with Gasteiger partial charge in [0.1, 0.15) is 5.75 Å². The fraction of sp³-hybridized carbons (Fsp3) is 0.333. The summed E-state index contributed by atoms with van der Waals surface area (Å²) in [5.74, 6) is -4.32. The van der Waals surface area contributed by atoms with Gasteiger partial charge in [0.25, 0.3) is 5.69 Å². The second-order valence-corrected chi connectivity index (χ2v) is 5.77. The standard InChI is InChI=1S/C15H14N2O6/c18-11-6-9(17(22)23)3-4-10(11)16-14(19)12-7-1-2-8(5-7)13(12)15(20)21/h1-4,6-8,12-13,18H,5H2,(H,16,19)(H,20,21)/p-1/t7-,8-,12+,13-/m0/s1. The molecule has 23 heavy (non-hydrogen) atoms. The van der Waals surface area contributed by atoms with E-state index in [4.69, 9.17) is 0 Å². The van der Waals surface area contributed by atoms with Crippen LogP contribution in [0.5, 0.6) is 5.75 Å². The molecule has 1 amide bonds. The second kappa shape index (κ2) is 5.38. The zero-order valence-electron chi connectivity index (χ0n) is 11.8. The third-order valence-corrected chi connectivity index (χ3v) is 4.48. The van der Waals surface area contributed by atoms with Gasteiger partial charge in [-0.1, -0.05) is 12.2 Å². The first-order valence-electron chi connectivity index (χ1n) is 7.06. The van der Waals surface area contributed by atoms with Crippen molar-refractivity contribution in [1.29, 1.82) is 0 Å². The second-order valence-electron chi connectivity index (χ2n) is 5.77. The number of carboxylic acids is 1. The molecule has 8 nitrogen and oxygen atoms in total. The summed E-state index contributed by atoms with van der Waals surface area (Å²) in [5.41, 5.74) is -0.305. The predicted octanol–water partition coefficient (Wildman–Crippen LogP) is 0.427. The van der Waals surface area contributed by atoms with Crippen LogP contribution >= 0.6 is 0 Å². The summed E-state index contributed by atoms with van der Waals surface area (Å²) in [7, 11) is 0. The molecular weight excluding hydrogens is 304 g/mol. The Labute approximate surface area is 130 Å². The van der Waals surface area contributed by atoms with Crippen molar-refractivity contribution in [2.24, 2.45) is 23.7 Å². The van der Waals surface area contributed by atoms with E-state index in [-0.39, 0.29) is 23.2 Å². The highest BCUT2D eigenvalue weighted by atomic mass is 16.6. The van der Waals surface area contributed by atoms with Crippen LogP contribution in [0.3, 0.4) is 0 Å². The first kappa shape index (κ1) is 15.0. The molecule has 1 fully saturated rings. The minimum atomic E-state index is -1.27. The Bertz CT molecular complexity index is 729. The number of nitrogens with one attached hydrogen (secondary N) is 1. The Balaban J connectivity index is 1.81. The van der Waals surface area contributed by atoms with Crippen molar-refractivity contribution in [2.45, 2.75) is 6.42 Å². The number of hydrogen-bond donors (Lipinski definition) is 2. The first-order chi connectivity index (χ1) is 10.9. The number of nitro groups is 1. The van der Waals surface area contributed by atoms with Crippen LogP contribution in [0.4, 0.5) is 11.4 Å². The van der Waals surface area contributed by atoms with E-state index in [0.29, 0.717) is 6.42 Å². The molecule has 2 aliphatic carbocycles. The Kier molecular flexibility index (Phi) is 3.51. The number of hydrogen-bond acceptors (Lipinski definition) is 6. The van der Waals surface area contributed by atoms with E-state index in [9.17, 15) is 29.9 Å². The molecule has 0 unspecified atom stereocenters. The summed E-state index contributed by atoms with van der Waals surface area (Å²) in [6.45, 7) is 0. The Hall–Kier alpha value is -2.90. The monoisotopic (exact) mass is 317 g/mol. The van der Waals surface area contributed by atoms with Gasteiger partial charge in [0.05, 0.1) is 22.6 Å². The molecule has 2 aliphatic rings. The number of amides is 1. The topological polar surface area (TPSA) is 133 Å². The Morgan fingerprint density at radius 3 is 2.43 bits per heavy atom. The minimum Gasteiger partial charge on any atom is -0.550 e. The summed E-state index contributed by atoms with van der Waals surface area (Å²) in [6, 6.07) is 3.28. The number of aliphatic carboxylic acids is 1. The van der Waals surface area contributed by atoms with Gasteiger partial charge in [-0.15, -0.1) is 0 Å². The number of aromatic hydroxyl groups is 1. The SMILES string of the molecule is O=C([O-])[C@@H]1[C@H](C(=O)Nc2ccc([N+](=O)[O-])cc2O)[C@H]2C=C[C@H]1C2. The smallest absolute Gasteiger partial charge is 0.273 e. The predicted molar refractivity (Wildman–Crippen MR) is 76.1 cm³/mol. The zero-order valence-corrected chi connectivity index (χ0v) is 11.8. The molecule has 0 radical (unpaired) electrons. The van der Waals surface area contributed by atoms with Gasteiger partial charge in [0, 0.05) is 18.0 Å². The van der Waals surface area contributed by atoms with Crippen molar-refractivity contribution < 1.29 is 24.7 Å². The minimum absolute atomic E-state index is 0.00412. The fourth-order valence-electron chi connectivity index (χ4n) is 3.46. The first-order valence-corrected chi connectivity index (χ1v) is 7.06. The molecule has 8 heteroatoms. The lowest BCUT2D eigenvalue weighted by Gasteiger charge is -2.27. The van der Waals surface area contributed by atoms with E-state index in [1.54, 1.807) is 6.08 Å². The molecule has 2 N–H and O–H groups in total. The van der Waals surface area contributed by atoms with Crippen molar-refractivity contribution in [3.63, 3.8) is 0 Å². The van der Waals surface area contributed by atoms with Gasteiger partial charge >= 0.3 is 0 Å². The van der Waals surface area contributed by atoms with Crippen molar-refractivity contribution in [2.75, 3.05) is 5.32 Å². The number of phenolic OH excluding ortho intramolecular Hbond substituents is 1. The number of carboxylic acid groups (broad SMARTS) is 1. The highest BCUT2D eigenvalue weighted by molar-refractivity contribution is 5.97. The molecule has 4 atom stereocenters. The average Bonchev–Trinajstić information content (AvgIpc) is 3.09. The van der Waals surface area contributed by atoms with Gasteiger partial charge in [-0.2, -0.15) is 0 Å². The molecular formula is C15H13N2O6-. The van der Waals surface area contributed by atoms with Crippen molar-refractivity contribution in [1.82, 2.24) is 0 Å². The van der Waals surface area contributed by atoms with Gasteiger partial charge in [0.15, 0.2) is 0 Å². The number of benzene rings is 1. The van der Waals surface area contributed by atoms with Crippen LogP contribution in [-0.4, -0.2) is 21.9 Å². The lowest BCUT2D eigenvalue weighted by Crippen LogP contribution is -2.42. The largest absolute Gasteiger partial charge is 0.550 e. The van der Waals surface area contributed by atoms with Crippen LogP contribution in [-0.2, 0) is 9.59 Å². The molecule has 3 rings (SSSR count). The summed E-state index contributed by atoms with van der Waals surface area (Å²) in [5, 5.41) is 34.2. The molecule has 1 saturated carbocycles. The highest BCUT2D eigenvalue weighted by Gasteiger charge is 2.48. The number of carbonyl (C=O) groups excluding carboxylic acids is 2. The molecule has 2 bridgehead atoms. The molecule has 120 valence electrons. The maximum Gasteiger partial charge on any atom is 0.273 e. The number of anilines is 1. The number of nitrogens with zero attached hydrogens (tertiary/aromatic N) is 1.